The van der Waals surface area contributed by atoms with Crippen LogP contribution in [-0.4, -0.2) is 40.0 Å². The van der Waals surface area contributed by atoms with Gasteiger partial charge in [-0.15, -0.1) is 0 Å². The molecule has 102 valence electrons. The second-order valence-electron chi connectivity index (χ2n) is 5.35. The van der Waals surface area contributed by atoms with Gasteiger partial charge in [-0.3, -0.25) is 0 Å². The number of imidazole rings is 1. The van der Waals surface area contributed by atoms with Crippen molar-refractivity contribution in [1.82, 2.24) is 9.55 Å². The van der Waals surface area contributed by atoms with Crippen molar-refractivity contribution in [3.05, 3.63) is 24.5 Å². The van der Waals surface area contributed by atoms with E-state index in [1.54, 1.807) is 6.33 Å². The largest absolute Gasteiger partial charge is 0.387 e. The minimum atomic E-state index is -1.13. The lowest BCUT2D eigenvalue weighted by atomic mass is 9.92. The molecule has 0 amide bonds. The molecule has 0 saturated carbocycles. The number of fused-ring (bicyclic) bond motifs is 1. The monoisotopic (exact) mass is 263 g/mol. The molecule has 5 heteroatoms. The van der Waals surface area contributed by atoms with Crippen LogP contribution in [-0.2, 0) is 7.05 Å². The van der Waals surface area contributed by atoms with E-state index in [9.17, 15) is 9.50 Å². The molecular weight excluding hydrogens is 245 g/mol. The van der Waals surface area contributed by atoms with Crippen LogP contribution in [0.3, 0.4) is 0 Å². The Hall–Kier alpha value is -1.62. The van der Waals surface area contributed by atoms with Crippen LogP contribution in [0, 0.1) is 0 Å². The molecule has 1 aromatic heterocycles. The van der Waals surface area contributed by atoms with E-state index < -0.39 is 12.3 Å². The number of hydrogen-bond donors (Lipinski definition) is 1. The van der Waals surface area contributed by atoms with Crippen LogP contribution in [0.2, 0.25) is 0 Å². The quantitative estimate of drug-likeness (QED) is 0.899. The summed E-state index contributed by atoms with van der Waals surface area (Å²) in [6.07, 6.45) is 2.73. The molecule has 1 aliphatic rings. The zero-order valence-electron chi connectivity index (χ0n) is 11.0. The third-order valence-corrected chi connectivity index (χ3v) is 4.02. The first kappa shape index (κ1) is 12.4. The van der Waals surface area contributed by atoms with Crippen molar-refractivity contribution in [2.75, 3.05) is 24.7 Å². The van der Waals surface area contributed by atoms with Gasteiger partial charge in [0.25, 0.3) is 0 Å². The summed E-state index contributed by atoms with van der Waals surface area (Å²) in [7, 11) is 1.97. The van der Waals surface area contributed by atoms with Crippen molar-refractivity contribution in [3.8, 4) is 0 Å². The Kier molecular flexibility index (Phi) is 2.93. The highest BCUT2D eigenvalue weighted by atomic mass is 19.1. The van der Waals surface area contributed by atoms with E-state index in [1.165, 1.54) is 0 Å². The summed E-state index contributed by atoms with van der Waals surface area (Å²) in [5.41, 5.74) is 1.99. The minimum Gasteiger partial charge on any atom is -0.387 e. The molecule has 1 aliphatic heterocycles. The third-order valence-electron chi connectivity index (χ3n) is 4.02. The van der Waals surface area contributed by atoms with Gasteiger partial charge in [0.2, 0.25) is 0 Å². The van der Waals surface area contributed by atoms with Gasteiger partial charge >= 0.3 is 0 Å². The molecule has 0 radical (unpaired) electrons. The van der Waals surface area contributed by atoms with Crippen molar-refractivity contribution in [2.45, 2.75) is 18.4 Å². The van der Waals surface area contributed by atoms with Gasteiger partial charge in [-0.05, 0) is 25.0 Å². The van der Waals surface area contributed by atoms with Gasteiger partial charge in [-0.25, -0.2) is 9.37 Å². The van der Waals surface area contributed by atoms with E-state index in [0.717, 1.165) is 16.7 Å². The molecule has 1 aromatic carbocycles. The molecule has 2 heterocycles. The molecule has 2 aromatic rings. The molecule has 0 bridgehead atoms. The molecule has 19 heavy (non-hydrogen) atoms. The Balaban J connectivity index is 1.90. The number of para-hydroxylation sites is 1. The number of halogens is 1. The molecule has 0 atom stereocenters. The maximum atomic E-state index is 12.8. The van der Waals surface area contributed by atoms with Crippen molar-refractivity contribution in [2.24, 2.45) is 7.05 Å². The number of aliphatic hydroxyl groups is 1. The fourth-order valence-corrected chi connectivity index (χ4v) is 2.70. The van der Waals surface area contributed by atoms with E-state index in [2.05, 4.69) is 9.88 Å². The molecule has 1 saturated heterocycles. The topological polar surface area (TPSA) is 41.3 Å². The zero-order valence-corrected chi connectivity index (χ0v) is 11.0. The zero-order chi connectivity index (χ0) is 13.5. The Morgan fingerprint density at radius 3 is 2.79 bits per heavy atom. The number of rotatable bonds is 2. The van der Waals surface area contributed by atoms with Crippen LogP contribution in [0.15, 0.2) is 24.5 Å². The number of hydrogen-bond acceptors (Lipinski definition) is 3. The van der Waals surface area contributed by atoms with Crippen LogP contribution in [0.5, 0.6) is 0 Å². The number of anilines is 1. The lowest BCUT2D eigenvalue weighted by Gasteiger charge is -2.37. The summed E-state index contributed by atoms with van der Waals surface area (Å²) >= 11 is 0. The van der Waals surface area contributed by atoms with Crippen molar-refractivity contribution < 1.29 is 9.50 Å². The van der Waals surface area contributed by atoms with Gasteiger partial charge in [-0.1, -0.05) is 6.07 Å². The number of nitrogens with zero attached hydrogens (tertiary/aromatic N) is 3. The standard InChI is InChI=1S/C14H18FN3O/c1-17-10-16-13-11(17)3-2-4-12(13)18-7-5-14(19,9-15)6-8-18/h2-4,10,19H,5-9H2,1H3. The van der Waals surface area contributed by atoms with Crippen LogP contribution >= 0.6 is 0 Å². The average molecular weight is 263 g/mol. The van der Waals surface area contributed by atoms with Gasteiger partial charge in [0.15, 0.2) is 0 Å². The first-order chi connectivity index (χ1) is 9.13. The number of aryl methyl sites for hydroxylation is 1. The molecule has 4 nitrogen and oxygen atoms in total. The molecular formula is C14H18FN3O. The minimum absolute atomic E-state index is 0.465. The highest BCUT2D eigenvalue weighted by molar-refractivity contribution is 5.89. The third kappa shape index (κ3) is 2.08. The fourth-order valence-electron chi connectivity index (χ4n) is 2.70. The molecule has 1 N–H and O–H groups in total. The fraction of sp³-hybridized carbons (Fsp3) is 0.500. The highest BCUT2D eigenvalue weighted by Gasteiger charge is 2.32. The van der Waals surface area contributed by atoms with Gasteiger partial charge in [0, 0.05) is 20.1 Å². The molecule has 1 fully saturated rings. The first-order valence-corrected chi connectivity index (χ1v) is 6.56. The smallest absolute Gasteiger partial charge is 0.118 e. The molecule has 0 aliphatic carbocycles. The number of aromatic nitrogens is 2. The summed E-state index contributed by atoms with van der Waals surface area (Å²) < 4.78 is 14.8. The first-order valence-electron chi connectivity index (χ1n) is 6.56. The van der Waals surface area contributed by atoms with Gasteiger partial charge in [0.05, 0.1) is 23.1 Å². The van der Waals surface area contributed by atoms with Gasteiger partial charge < -0.3 is 14.6 Å². The summed E-state index contributed by atoms with van der Waals surface area (Å²) in [6.45, 7) is 0.668. The average Bonchev–Trinajstić information content (AvgIpc) is 2.82. The maximum absolute atomic E-state index is 12.8. The summed E-state index contributed by atoms with van der Waals surface area (Å²) in [5, 5.41) is 9.94. The van der Waals surface area contributed by atoms with E-state index >= 15 is 0 Å². The Morgan fingerprint density at radius 2 is 2.11 bits per heavy atom. The number of alkyl halides is 1. The predicted octanol–water partition coefficient (Wildman–Crippen LogP) is 1.87. The second-order valence-corrected chi connectivity index (χ2v) is 5.35. The summed E-state index contributed by atoms with van der Waals surface area (Å²) in [5.74, 6) is 0. The van der Waals surface area contributed by atoms with Crippen LogP contribution in [0.25, 0.3) is 11.0 Å². The van der Waals surface area contributed by atoms with Crippen LogP contribution in [0.4, 0.5) is 10.1 Å². The number of benzene rings is 1. The van der Waals surface area contributed by atoms with E-state index in [-0.39, 0.29) is 0 Å². The predicted molar refractivity (Wildman–Crippen MR) is 73.1 cm³/mol. The van der Waals surface area contributed by atoms with E-state index in [1.807, 2.05) is 29.8 Å². The highest BCUT2D eigenvalue weighted by Crippen LogP contribution is 2.30. The summed E-state index contributed by atoms with van der Waals surface area (Å²) in [4.78, 5) is 6.61. The SMILES string of the molecule is Cn1cnc2c(N3CCC(O)(CF)CC3)cccc21. The van der Waals surface area contributed by atoms with Crippen molar-refractivity contribution >= 4 is 16.7 Å². The lowest BCUT2D eigenvalue weighted by molar-refractivity contribution is -0.00600. The second kappa shape index (κ2) is 4.49. The Labute approximate surface area is 111 Å². The maximum Gasteiger partial charge on any atom is 0.118 e. The van der Waals surface area contributed by atoms with E-state index in [4.69, 9.17) is 0 Å². The van der Waals surface area contributed by atoms with E-state index in [0.29, 0.717) is 25.9 Å². The van der Waals surface area contributed by atoms with Crippen molar-refractivity contribution in [1.29, 1.82) is 0 Å². The summed E-state index contributed by atoms with van der Waals surface area (Å²) in [6, 6.07) is 6.08. The van der Waals surface area contributed by atoms with Gasteiger partial charge in [-0.2, -0.15) is 0 Å². The lowest BCUT2D eigenvalue weighted by Crippen LogP contribution is -2.45. The van der Waals surface area contributed by atoms with Crippen molar-refractivity contribution in [3.63, 3.8) is 0 Å². The normalized spacial score (nSPS) is 19.0. The molecule has 0 spiro atoms. The molecule has 0 unspecified atom stereocenters. The van der Waals surface area contributed by atoms with Crippen LogP contribution < -0.4 is 4.90 Å². The Morgan fingerprint density at radius 1 is 1.37 bits per heavy atom. The Bertz CT molecular complexity index is 587. The van der Waals surface area contributed by atoms with Gasteiger partial charge in [0.1, 0.15) is 12.2 Å². The van der Waals surface area contributed by atoms with Crippen LogP contribution in [0.1, 0.15) is 12.8 Å². The molecule has 3 rings (SSSR count). The number of piperidine rings is 1.